The fraction of sp³-hybridized carbons (Fsp3) is 0.250. The van der Waals surface area contributed by atoms with Crippen molar-refractivity contribution in [2.24, 2.45) is 0 Å². The first-order chi connectivity index (χ1) is 9.15. The van der Waals surface area contributed by atoms with E-state index in [1.165, 1.54) is 5.56 Å². The number of para-hydroxylation sites is 1. The summed E-state index contributed by atoms with van der Waals surface area (Å²) in [5, 5.41) is 3.53. The molecular formula is C16H16BrNO. The van der Waals surface area contributed by atoms with E-state index in [1.807, 2.05) is 12.1 Å². The Bertz CT molecular complexity index is 611. The molecule has 2 aromatic rings. The second kappa shape index (κ2) is 4.89. The molecule has 0 amide bonds. The van der Waals surface area contributed by atoms with Crippen LogP contribution in [0.4, 0.5) is 5.69 Å². The molecule has 0 fully saturated rings. The van der Waals surface area contributed by atoms with Crippen LogP contribution >= 0.6 is 15.9 Å². The zero-order chi connectivity index (χ0) is 13.4. The SMILES string of the molecule is Cc1cccc2c1OC(c1cccc(Br)c1)C(C)N2. The highest BCUT2D eigenvalue weighted by Crippen LogP contribution is 2.39. The minimum atomic E-state index is 0.0334. The van der Waals surface area contributed by atoms with Crippen LogP contribution in [0.5, 0.6) is 5.75 Å². The van der Waals surface area contributed by atoms with E-state index in [0.717, 1.165) is 21.5 Å². The van der Waals surface area contributed by atoms with Crippen molar-refractivity contribution in [2.75, 3.05) is 5.32 Å². The third-order valence-electron chi connectivity index (χ3n) is 3.47. The average Bonchev–Trinajstić information content (AvgIpc) is 2.38. The zero-order valence-electron chi connectivity index (χ0n) is 11.0. The molecule has 0 aliphatic carbocycles. The number of hydrogen-bond donors (Lipinski definition) is 1. The molecule has 2 atom stereocenters. The fourth-order valence-electron chi connectivity index (χ4n) is 2.51. The lowest BCUT2D eigenvalue weighted by Gasteiger charge is -2.34. The number of halogens is 1. The van der Waals surface area contributed by atoms with E-state index in [0.29, 0.717) is 0 Å². The van der Waals surface area contributed by atoms with Crippen molar-refractivity contribution in [3.05, 3.63) is 58.1 Å². The van der Waals surface area contributed by atoms with Crippen molar-refractivity contribution >= 4 is 21.6 Å². The van der Waals surface area contributed by atoms with Gasteiger partial charge in [-0.3, -0.25) is 0 Å². The third-order valence-corrected chi connectivity index (χ3v) is 3.96. The average molecular weight is 318 g/mol. The summed E-state index contributed by atoms with van der Waals surface area (Å²) in [6.45, 7) is 4.23. The Morgan fingerprint density at radius 2 is 1.95 bits per heavy atom. The molecule has 0 aromatic heterocycles. The van der Waals surface area contributed by atoms with Crippen LogP contribution in [0.3, 0.4) is 0 Å². The first-order valence-electron chi connectivity index (χ1n) is 6.43. The van der Waals surface area contributed by atoms with E-state index in [4.69, 9.17) is 4.74 Å². The van der Waals surface area contributed by atoms with Crippen molar-refractivity contribution in [2.45, 2.75) is 26.0 Å². The van der Waals surface area contributed by atoms with Gasteiger partial charge in [-0.25, -0.2) is 0 Å². The monoisotopic (exact) mass is 317 g/mol. The highest BCUT2D eigenvalue weighted by molar-refractivity contribution is 9.10. The van der Waals surface area contributed by atoms with Gasteiger partial charge in [-0.05, 0) is 43.2 Å². The molecule has 19 heavy (non-hydrogen) atoms. The summed E-state index contributed by atoms with van der Waals surface area (Å²) in [6, 6.07) is 14.7. The lowest BCUT2D eigenvalue weighted by Crippen LogP contribution is -2.32. The van der Waals surface area contributed by atoms with E-state index in [1.54, 1.807) is 0 Å². The standard InChI is InChI=1S/C16H16BrNO/c1-10-5-3-8-14-15(10)19-16(11(2)18-14)12-6-4-7-13(17)9-12/h3-9,11,16,18H,1-2H3. The second-order valence-corrected chi connectivity index (χ2v) is 5.89. The molecule has 1 aliphatic heterocycles. The van der Waals surface area contributed by atoms with Crippen LogP contribution in [-0.4, -0.2) is 6.04 Å². The molecule has 0 saturated heterocycles. The molecule has 0 saturated carbocycles. The van der Waals surface area contributed by atoms with E-state index in [9.17, 15) is 0 Å². The van der Waals surface area contributed by atoms with E-state index in [-0.39, 0.29) is 12.1 Å². The van der Waals surface area contributed by atoms with Gasteiger partial charge in [0.1, 0.15) is 11.9 Å². The van der Waals surface area contributed by atoms with Gasteiger partial charge < -0.3 is 10.1 Å². The molecule has 3 rings (SSSR count). The number of rotatable bonds is 1. The van der Waals surface area contributed by atoms with Gasteiger partial charge in [-0.1, -0.05) is 40.2 Å². The fourth-order valence-corrected chi connectivity index (χ4v) is 2.93. The number of benzene rings is 2. The molecular weight excluding hydrogens is 302 g/mol. The van der Waals surface area contributed by atoms with Gasteiger partial charge in [-0.15, -0.1) is 0 Å². The Morgan fingerprint density at radius 1 is 1.16 bits per heavy atom. The van der Waals surface area contributed by atoms with Crippen molar-refractivity contribution in [1.29, 1.82) is 0 Å². The maximum atomic E-state index is 6.23. The van der Waals surface area contributed by atoms with Crippen LogP contribution < -0.4 is 10.1 Å². The normalized spacial score (nSPS) is 21.2. The predicted molar refractivity (Wildman–Crippen MR) is 81.8 cm³/mol. The van der Waals surface area contributed by atoms with Crippen LogP contribution in [0.2, 0.25) is 0 Å². The van der Waals surface area contributed by atoms with Gasteiger partial charge in [0.2, 0.25) is 0 Å². The molecule has 98 valence electrons. The van der Waals surface area contributed by atoms with Gasteiger partial charge in [0.25, 0.3) is 0 Å². The molecule has 1 heterocycles. The number of nitrogens with one attached hydrogen (secondary N) is 1. The van der Waals surface area contributed by atoms with Crippen LogP contribution in [0, 0.1) is 6.92 Å². The lowest BCUT2D eigenvalue weighted by molar-refractivity contribution is 0.176. The largest absolute Gasteiger partial charge is 0.481 e. The van der Waals surface area contributed by atoms with Crippen molar-refractivity contribution in [3.63, 3.8) is 0 Å². The first kappa shape index (κ1) is 12.5. The number of fused-ring (bicyclic) bond motifs is 1. The number of hydrogen-bond acceptors (Lipinski definition) is 2. The molecule has 0 spiro atoms. The number of aryl methyl sites for hydroxylation is 1. The summed E-state index contributed by atoms with van der Waals surface area (Å²) in [6.07, 6.45) is 0.0334. The van der Waals surface area contributed by atoms with E-state index < -0.39 is 0 Å². The summed E-state index contributed by atoms with van der Waals surface area (Å²) in [5.41, 5.74) is 3.43. The summed E-state index contributed by atoms with van der Waals surface area (Å²) < 4.78 is 7.31. The van der Waals surface area contributed by atoms with Crippen molar-refractivity contribution in [1.82, 2.24) is 0 Å². The Hall–Kier alpha value is -1.48. The molecule has 0 bridgehead atoms. The zero-order valence-corrected chi connectivity index (χ0v) is 12.6. The number of anilines is 1. The Labute approximate surface area is 121 Å². The summed E-state index contributed by atoms with van der Waals surface area (Å²) >= 11 is 3.52. The van der Waals surface area contributed by atoms with Gasteiger partial charge in [0.05, 0.1) is 11.7 Å². The van der Waals surface area contributed by atoms with Crippen molar-refractivity contribution in [3.8, 4) is 5.75 Å². The highest BCUT2D eigenvalue weighted by Gasteiger charge is 2.28. The topological polar surface area (TPSA) is 21.3 Å². The second-order valence-electron chi connectivity index (χ2n) is 4.98. The van der Waals surface area contributed by atoms with Gasteiger partial charge in [-0.2, -0.15) is 0 Å². The quantitative estimate of drug-likeness (QED) is 0.823. The highest BCUT2D eigenvalue weighted by atomic mass is 79.9. The molecule has 0 radical (unpaired) electrons. The summed E-state index contributed by atoms with van der Waals surface area (Å²) in [7, 11) is 0. The molecule has 2 unspecified atom stereocenters. The molecule has 1 aliphatic rings. The maximum absolute atomic E-state index is 6.23. The molecule has 2 aromatic carbocycles. The van der Waals surface area contributed by atoms with E-state index in [2.05, 4.69) is 65.4 Å². The van der Waals surface area contributed by atoms with Crippen LogP contribution in [0.25, 0.3) is 0 Å². The van der Waals surface area contributed by atoms with Gasteiger partial charge in [0, 0.05) is 4.47 Å². The third kappa shape index (κ3) is 2.35. The molecule has 2 nitrogen and oxygen atoms in total. The minimum Gasteiger partial charge on any atom is -0.481 e. The first-order valence-corrected chi connectivity index (χ1v) is 7.23. The maximum Gasteiger partial charge on any atom is 0.146 e. The lowest BCUT2D eigenvalue weighted by atomic mass is 10.0. The Kier molecular flexibility index (Phi) is 3.23. The van der Waals surface area contributed by atoms with E-state index >= 15 is 0 Å². The molecule has 1 N–H and O–H groups in total. The van der Waals surface area contributed by atoms with Crippen LogP contribution in [0.15, 0.2) is 46.9 Å². The van der Waals surface area contributed by atoms with Crippen molar-refractivity contribution < 1.29 is 4.74 Å². The van der Waals surface area contributed by atoms with Crippen LogP contribution in [-0.2, 0) is 0 Å². The smallest absolute Gasteiger partial charge is 0.146 e. The predicted octanol–water partition coefficient (Wildman–Crippen LogP) is 4.69. The minimum absolute atomic E-state index is 0.0334. The Balaban J connectivity index is 1.99. The van der Waals surface area contributed by atoms with Crippen LogP contribution in [0.1, 0.15) is 24.2 Å². The van der Waals surface area contributed by atoms with Gasteiger partial charge >= 0.3 is 0 Å². The molecule has 3 heteroatoms. The number of ether oxygens (including phenoxy) is 1. The van der Waals surface area contributed by atoms with Gasteiger partial charge in [0.15, 0.2) is 0 Å². The summed E-state index contributed by atoms with van der Waals surface area (Å²) in [5.74, 6) is 0.963. The summed E-state index contributed by atoms with van der Waals surface area (Å²) in [4.78, 5) is 0. The Morgan fingerprint density at radius 3 is 2.74 bits per heavy atom.